The van der Waals surface area contributed by atoms with E-state index in [1.54, 1.807) is 17.6 Å². The van der Waals surface area contributed by atoms with Gasteiger partial charge in [0.05, 0.1) is 11.6 Å². The van der Waals surface area contributed by atoms with E-state index in [2.05, 4.69) is 10.3 Å². The van der Waals surface area contributed by atoms with E-state index in [1.807, 2.05) is 13.8 Å². The van der Waals surface area contributed by atoms with Crippen molar-refractivity contribution in [2.24, 2.45) is 0 Å². The van der Waals surface area contributed by atoms with Crippen LogP contribution in [0.1, 0.15) is 36.0 Å². The minimum Gasteiger partial charge on any atom is -0.302 e. The molecule has 0 saturated heterocycles. The van der Waals surface area contributed by atoms with Gasteiger partial charge >= 0.3 is 6.18 Å². The van der Waals surface area contributed by atoms with Gasteiger partial charge in [-0.1, -0.05) is 18.2 Å². The molecule has 1 N–H and O–H groups in total. The number of thiazole rings is 1. The van der Waals surface area contributed by atoms with Crippen LogP contribution in [0.3, 0.4) is 0 Å². The van der Waals surface area contributed by atoms with E-state index in [0.717, 1.165) is 6.07 Å². The van der Waals surface area contributed by atoms with Gasteiger partial charge in [-0.3, -0.25) is 0 Å². The first-order chi connectivity index (χ1) is 9.39. The first-order valence-electron chi connectivity index (χ1n) is 6.21. The highest BCUT2D eigenvalue weighted by atomic mass is 32.1. The van der Waals surface area contributed by atoms with Crippen LogP contribution in [0.15, 0.2) is 35.8 Å². The topological polar surface area (TPSA) is 24.9 Å². The van der Waals surface area contributed by atoms with E-state index in [4.69, 9.17) is 0 Å². The Hall–Kier alpha value is -1.40. The molecule has 6 heteroatoms. The van der Waals surface area contributed by atoms with Gasteiger partial charge in [-0.15, -0.1) is 11.3 Å². The molecule has 1 heterocycles. The van der Waals surface area contributed by atoms with Gasteiger partial charge in [0.1, 0.15) is 5.01 Å². The maximum atomic E-state index is 13.1. The molecule has 0 amide bonds. The van der Waals surface area contributed by atoms with Gasteiger partial charge in [0.15, 0.2) is 0 Å². The van der Waals surface area contributed by atoms with Gasteiger partial charge in [0.2, 0.25) is 0 Å². The Morgan fingerprint density at radius 2 is 1.90 bits per heavy atom. The highest BCUT2D eigenvalue weighted by Crippen LogP contribution is 2.37. The third-order valence-corrected chi connectivity index (χ3v) is 3.62. The molecule has 0 fully saturated rings. The molecule has 1 aromatic carbocycles. The van der Waals surface area contributed by atoms with Crippen molar-refractivity contribution in [3.63, 3.8) is 0 Å². The van der Waals surface area contributed by atoms with Crippen LogP contribution >= 0.6 is 11.3 Å². The van der Waals surface area contributed by atoms with Crippen LogP contribution in [0.5, 0.6) is 0 Å². The van der Waals surface area contributed by atoms with Crippen molar-refractivity contribution in [1.82, 2.24) is 10.3 Å². The number of halogens is 3. The van der Waals surface area contributed by atoms with Crippen LogP contribution in [0.4, 0.5) is 13.2 Å². The molecule has 0 aliphatic carbocycles. The van der Waals surface area contributed by atoms with Crippen LogP contribution in [0.2, 0.25) is 0 Å². The van der Waals surface area contributed by atoms with Gasteiger partial charge in [-0.2, -0.15) is 13.2 Å². The largest absolute Gasteiger partial charge is 0.416 e. The number of nitrogens with zero attached hydrogens (tertiary/aromatic N) is 1. The summed E-state index contributed by atoms with van der Waals surface area (Å²) in [4.78, 5) is 4.16. The molecule has 0 radical (unpaired) electrons. The van der Waals surface area contributed by atoms with Crippen molar-refractivity contribution in [2.45, 2.75) is 32.1 Å². The molecule has 1 aromatic heterocycles. The van der Waals surface area contributed by atoms with Gasteiger partial charge in [-0.25, -0.2) is 4.98 Å². The SMILES string of the molecule is CC(C)NC(c1nccs1)c1ccccc1C(F)(F)F. The second-order valence-electron chi connectivity index (χ2n) is 4.71. The Labute approximate surface area is 119 Å². The second kappa shape index (κ2) is 5.93. The lowest BCUT2D eigenvalue weighted by atomic mass is 9.99. The van der Waals surface area contributed by atoms with Crippen LogP contribution in [0, 0.1) is 0 Å². The van der Waals surface area contributed by atoms with E-state index in [9.17, 15) is 13.2 Å². The van der Waals surface area contributed by atoms with E-state index < -0.39 is 17.8 Å². The Balaban J connectivity index is 2.49. The molecule has 2 nitrogen and oxygen atoms in total. The van der Waals surface area contributed by atoms with Crippen molar-refractivity contribution in [3.8, 4) is 0 Å². The molecule has 0 aliphatic rings. The molecule has 1 unspecified atom stereocenters. The molecular formula is C14H15F3N2S. The molecule has 20 heavy (non-hydrogen) atoms. The minimum absolute atomic E-state index is 0.0465. The number of alkyl halides is 3. The molecule has 2 rings (SSSR count). The summed E-state index contributed by atoms with van der Waals surface area (Å²) in [7, 11) is 0. The zero-order chi connectivity index (χ0) is 14.8. The van der Waals surface area contributed by atoms with Crippen LogP contribution in [0.25, 0.3) is 0 Å². The van der Waals surface area contributed by atoms with E-state index in [1.165, 1.54) is 23.5 Å². The molecule has 0 aliphatic heterocycles. The second-order valence-corrected chi connectivity index (χ2v) is 5.64. The number of hydrogen-bond donors (Lipinski definition) is 1. The monoisotopic (exact) mass is 300 g/mol. The summed E-state index contributed by atoms with van der Waals surface area (Å²) in [6, 6.07) is 5.13. The zero-order valence-electron chi connectivity index (χ0n) is 11.1. The quantitative estimate of drug-likeness (QED) is 0.913. The summed E-state index contributed by atoms with van der Waals surface area (Å²) < 4.78 is 39.4. The Kier molecular flexibility index (Phi) is 4.45. The number of hydrogen-bond acceptors (Lipinski definition) is 3. The number of nitrogens with one attached hydrogen (secondary N) is 1. The average molecular weight is 300 g/mol. The maximum absolute atomic E-state index is 13.1. The van der Waals surface area contributed by atoms with Crippen molar-refractivity contribution in [3.05, 3.63) is 52.0 Å². The van der Waals surface area contributed by atoms with Crippen molar-refractivity contribution >= 4 is 11.3 Å². The highest BCUT2D eigenvalue weighted by molar-refractivity contribution is 7.09. The van der Waals surface area contributed by atoms with Gasteiger partial charge in [0, 0.05) is 17.6 Å². The molecule has 1 atom stereocenters. The van der Waals surface area contributed by atoms with E-state index in [-0.39, 0.29) is 11.6 Å². The number of aromatic nitrogens is 1. The van der Waals surface area contributed by atoms with Crippen LogP contribution < -0.4 is 5.32 Å². The Morgan fingerprint density at radius 1 is 1.20 bits per heavy atom. The van der Waals surface area contributed by atoms with E-state index >= 15 is 0 Å². The average Bonchev–Trinajstić information content (AvgIpc) is 2.88. The summed E-state index contributed by atoms with van der Waals surface area (Å²) >= 11 is 1.35. The number of benzene rings is 1. The fourth-order valence-corrected chi connectivity index (χ4v) is 2.73. The van der Waals surface area contributed by atoms with Crippen molar-refractivity contribution in [2.75, 3.05) is 0 Å². The molecule has 2 aromatic rings. The lowest BCUT2D eigenvalue weighted by Crippen LogP contribution is -2.30. The summed E-state index contributed by atoms with van der Waals surface area (Å²) in [5.74, 6) is 0. The first-order valence-corrected chi connectivity index (χ1v) is 7.09. The predicted molar refractivity (Wildman–Crippen MR) is 73.7 cm³/mol. The third-order valence-electron chi connectivity index (χ3n) is 2.78. The normalized spacial score (nSPS) is 13.7. The van der Waals surface area contributed by atoms with Gasteiger partial charge in [0.25, 0.3) is 0 Å². The van der Waals surface area contributed by atoms with E-state index in [0.29, 0.717) is 5.01 Å². The van der Waals surface area contributed by atoms with Gasteiger partial charge in [-0.05, 0) is 25.5 Å². The molecule has 0 spiro atoms. The third kappa shape index (κ3) is 3.37. The lowest BCUT2D eigenvalue weighted by molar-refractivity contribution is -0.138. The lowest BCUT2D eigenvalue weighted by Gasteiger charge is -2.23. The Bertz CT molecular complexity index is 550. The fourth-order valence-electron chi connectivity index (χ4n) is 2.01. The highest BCUT2D eigenvalue weighted by Gasteiger charge is 2.35. The molecule has 0 saturated carbocycles. The van der Waals surface area contributed by atoms with Gasteiger partial charge < -0.3 is 5.32 Å². The number of rotatable bonds is 4. The summed E-state index contributed by atoms with van der Waals surface area (Å²) in [6.07, 6.45) is -2.77. The van der Waals surface area contributed by atoms with Crippen molar-refractivity contribution in [1.29, 1.82) is 0 Å². The Morgan fingerprint density at radius 3 is 2.45 bits per heavy atom. The zero-order valence-corrected chi connectivity index (χ0v) is 11.9. The summed E-state index contributed by atoms with van der Waals surface area (Å²) in [6.45, 7) is 3.80. The maximum Gasteiger partial charge on any atom is 0.416 e. The summed E-state index contributed by atoms with van der Waals surface area (Å²) in [5, 5.41) is 5.56. The first kappa shape index (κ1) is 15.0. The van der Waals surface area contributed by atoms with Crippen LogP contribution in [-0.4, -0.2) is 11.0 Å². The van der Waals surface area contributed by atoms with Crippen LogP contribution in [-0.2, 0) is 6.18 Å². The minimum atomic E-state index is -4.37. The smallest absolute Gasteiger partial charge is 0.302 e. The molecule has 0 bridgehead atoms. The molecular weight excluding hydrogens is 285 g/mol. The standard InChI is InChI=1S/C14H15F3N2S/c1-9(2)19-12(13-18-7-8-20-13)10-5-3-4-6-11(10)14(15,16)17/h3-9,12,19H,1-2H3. The fraction of sp³-hybridized carbons (Fsp3) is 0.357. The predicted octanol–water partition coefficient (Wildman–Crippen LogP) is 4.25. The summed E-state index contributed by atoms with van der Waals surface area (Å²) in [5.41, 5.74) is -0.406. The molecule has 108 valence electrons. The van der Waals surface area contributed by atoms with Crippen molar-refractivity contribution < 1.29 is 13.2 Å².